The first kappa shape index (κ1) is 20.4. The molecule has 0 aliphatic heterocycles. The van der Waals surface area contributed by atoms with Crippen molar-refractivity contribution < 1.29 is 0 Å². The SMILES string of the molecule is c1ccc(-c2nc(-c3cccc(-c4ccc5ccc6cccnc6c5n4)n3)nc3ccccc23)cc1. The fourth-order valence-corrected chi connectivity index (χ4v) is 4.58. The molecule has 0 N–H and O–H groups in total. The van der Waals surface area contributed by atoms with Crippen molar-refractivity contribution in [3.63, 3.8) is 0 Å². The van der Waals surface area contributed by atoms with E-state index in [-0.39, 0.29) is 0 Å². The Hall–Kier alpha value is -5.03. The van der Waals surface area contributed by atoms with Gasteiger partial charge in [-0.1, -0.05) is 78.9 Å². The zero-order valence-electron chi connectivity index (χ0n) is 19.2. The molecule has 0 spiro atoms. The summed E-state index contributed by atoms with van der Waals surface area (Å²) in [5.41, 5.74) is 6.83. The molecule has 0 saturated carbocycles. The highest BCUT2D eigenvalue weighted by molar-refractivity contribution is 6.03. The van der Waals surface area contributed by atoms with Crippen LogP contribution in [0.1, 0.15) is 0 Å². The monoisotopic (exact) mass is 461 g/mol. The maximum Gasteiger partial charge on any atom is 0.179 e. The molecule has 0 bridgehead atoms. The number of hydrogen-bond donors (Lipinski definition) is 0. The maximum absolute atomic E-state index is 4.96. The summed E-state index contributed by atoms with van der Waals surface area (Å²) in [6, 6.07) is 36.4. The van der Waals surface area contributed by atoms with Crippen LogP contribution in [0.3, 0.4) is 0 Å². The zero-order valence-corrected chi connectivity index (χ0v) is 19.2. The van der Waals surface area contributed by atoms with Gasteiger partial charge in [0.15, 0.2) is 5.82 Å². The van der Waals surface area contributed by atoms with Gasteiger partial charge in [-0.3, -0.25) is 4.98 Å². The molecule has 0 fully saturated rings. The molecule has 168 valence electrons. The van der Waals surface area contributed by atoms with Crippen LogP contribution in [0.25, 0.3) is 66.9 Å². The third kappa shape index (κ3) is 3.46. The smallest absolute Gasteiger partial charge is 0.179 e. The lowest BCUT2D eigenvalue weighted by atomic mass is 10.1. The number of benzene rings is 3. The Balaban J connectivity index is 1.39. The summed E-state index contributed by atoms with van der Waals surface area (Å²) >= 11 is 0. The van der Waals surface area contributed by atoms with Gasteiger partial charge in [0, 0.05) is 27.9 Å². The van der Waals surface area contributed by atoms with Gasteiger partial charge in [-0.25, -0.2) is 19.9 Å². The molecular formula is C31H19N5. The molecule has 5 nitrogen and oxygen atoms in total. The second-order valence-corrected chi connectivity index (χ2v) is 8.60. The van der Waals surface area contributed by atoms with E-state index in [1.54, 1.807) is 6.20 Å². The Morgan fingerprint density at radius 2 is 1.19 bits per heavy atom. The lowest BCUT2D eigenvalue weighted by molar-refractivity contribution is 1.17. The Labute approximate surface area is 207 Å². The van der Waals surface area contributed by atoms with Crippen LogP contribution in [0.15, 0.2) is 115 Å². The number of nitrogens with zero attached hydrogens (tertiary/aromatic N) is 5. The molecule has 0 atom stereocenters. The molecule has 4 heterocycles. The van der Waals surface area contributed by atoms with Crippen LogP contribution in [0.5, 0.6) is 0 Å². The molecule has 0 radical (unpaired) electrons. The third-order valence-corrected chi connectivity index (χ3v) is 6.32. The largest absolute Gasteiger partial charge is 0.254 e. The summed E-state index contributed by atoms with van der Waals surface area (Å²) < 4.78 is 0. The minimum Gasteiger partial charge on any atom is -0.254 e. The van der Waals surface area contributed by atoms with Gasteiger partial charge in [-0.05, 0) is 30.3 Å². The quantitative estimate of drug-likeness (QED) is 0.262. The normalized spacial score (nSPS) is 11.3. The van der Waals surface area contributed by atoms with Gasteiger partial charge in [0.1, 0.15) is 5.69 Å². The number of hydrogen-bond acceptors (Lipinski definition) is 5. The highest BCUT2D eigenvalue weighted by atomic mass is 14.9. The predicted octanol–water partition coefficient (Wildman–Crippen LogP) is 7.12. The van der Waals surface area contributed by atoms with Gasteiger partial charge < -0.3 is 0 Å². The van der Waals surface area contributed by atoms with Crippen LogP contribution in [-0.4, -0.2) is 24.9 Å². The van der Waals surface area contributed by atoms with E-state index in [0.29, 0.717) is 11.5 Å². The summed E-state index contributed by atoms with van der Waals surface area (Å²) in [7, 11) is 0. The summed E-state index contributed by atoms with van der Waals surface area (Å²) in [5.74, 6) is 0.585. The minimum absolute atomic E-state index is 0.585. The molecule has 3 aromatic carbocycles. The number of para-hydroxylation sites is 1. The lowest BCUT2D eigenvalue weighted by Gasteiger charge is -2.10. The molecule has 0 aliphatic carbocycles. The van der Waals surface area contributed by atoms with Crippen molar-refractivity contribution in [2.24, 2.45) is 0 Å². The fourth-order valence-electron chi connectivity index (χ4n) is 4.58. The van der Waals surface area contributed by atoms with Crippen LogP contribution in [0.4, 0.5) is 0 Å². The Morgan fingerprint density at radius 1 is 0.444 bits per heavy atom. The highest BCUT2D eigenvalue weighted by Gasteiger charge is 2.13. The van der Waals surface area contributed by atoms with Crippen LogP contribution in [0, 0.1) is 0 Å². The van der Waals surface area contributed by atoms with Crippen molar-refractivity contribution in [1.29, 1.82) is 0 Å². The summed E-state index contributed by atoms with van der Waals surface area (Å²) in [5, 5.41) is 3.13. The lowest BCUT2D eigenvalue weighted by Crippen LogP contribution is -1.98. The predicted molar refractivity (Wildman–Crippen MR) is 144 cm³/mol. The van der Waals surface area contributed by atoms with Crippen molar-refractivity contribution in [2.75, 3.05) is 0 Å². The van der Waals surface area contributed by atoms with Crippen LogP contribution >= 0.6 is 0 Å². The average molecular weight is 462 g/mol. The van der Waals surface area contributed by atoms with Gasteiger partial charge in [0.05, 0.1) is 33.6 Å². The van der Waals surface area contributed by atoms with E-state index in [0.717, 1.165) is 55.4 Å². The van der Waals surface area contributed by atoms with E-state index >= 15 is 0 Å². The van der Waals surface area contributed by atoms with Gasteiger partial charge in [0.25, 0.3) is 0 Å². The van der Waals surface area contributed by atoms with E-state index in [2.05, 4.69) is 47.4 Å². The second-order valence-electron chi connectivity index (χ2n) is 8.60. The van der Waals surface area contributed by atoms with Crippen molar-refractivity contribution in [3.8, 4) is 34.2 Å². The molecule has 7 aromatic rings. The molecule has 0 saturated heterocycles. The molecule has 36 heavy (non-hydrogen) atoms. The molecule has 0 amide bonds. The Kier molecular flexibility index (Phi) is 4.71. The number of rotatable bonds is 3. The third-order valence-electron chi connectivity index (χ3n) is 6.32. The highest BCUT2D eigenvalue weighted by Crippen LogP contribution is 2.30. The zero-order chi connectivity index (χ0) is 23.9. The first-order chi connectivity index (χ1) is 17.8. The molecule has 7 rings (SSSR count). The summed E-state index contributed by atoms with van der Waals surface area (Å²) in [6.07, 6.45) is 1.80. The first-order valence-electron chi connectivity index (χ1n) is 11.8. The van der Waals surface area contributed by atoms with Crippen molar-refractivity contribution >= 4 is 32.7 Å². The van der Waals surface area contributed by atoms with Gasteiger partial charge in [0.2, 0.25) is 0 Å². The molecule has 5 heteroatoms. The number of aromatic nitrogens is 5. The Morgan fingerprint density at radius 3 is 2.11 bits per heavy atom. The van der Waals surface area contributed by atoms with Crippen LogP contribution < -0.4 is 0 Å². The maximum atomic E-state index is 4.96. The van der Waals surface area contributed by atoms with E-state index in [4.69, 9.17) is 19.9 Å². The minimum atomic E-state index is 0.585. The molecular weight excluding hydrogens is 442 g/mol. The van der Waals surface area contributed by atoms with Crippen LogP contribution in [-0.2, 0) is 0 Å². The van der Waals surface area contributed by atoms with Crippen molar-refractivity contribution in [1.82, 2.24) is 24.9 Å². The molecule has 0 unspecified atom stereocenters. The van der Waals surface area contributed by atoms with Crippen molar-refractivity contribution in [2.45, 2.75) is 0 Å². The van der Waals surface area contributed by atoms with Crippen LogP contribution in [0.2, 0.25) is 0 Å². The second kappa shape index (κ2) is 8.32. The van der Waals surface area contributed by atoms with Crippen molar-refractivity contribution in [3.05, 3.63) is 115 Å². The average Bonchev–Trinajstić information content (AvgIpc) is 2.97. The topological polar surface area (TPSA) is 64.5 Å². The van der Waals surface area contributed by atoms with Gasteiger partial charge in [-0.15, -0.1) is 0 Å². The fraction of sp³-hybridized carbons (Fsp3) is 0. The molecule has 0 aliphatic rings. The molecule has 4 aromatic heterocycles. The van der Waals surface area contributed by atoms with Gasteiger partial charge in [-0.2, -0.15) is 0 Å². The van der Waals surface area contributed by atoms with E-state index in [9.17, 15) is 0 Å². The standard InChI is InChI=1S/C31H19N5/c1-2-8-20(9-3-1)28-23-11-4-5-12-24(23)35-31(36-28)27-14-6-13-25(33-27)26-18-17-22-16-15-21-10-7-19-32-29(21)30(22)34-26/h1-19H. The van der Waals surface area contributed by atoms with E-state index in [1.165, 1.54) is 0 Å². The first-order valence-corrected chi connectivity index (χ1v) is 11.8. The summed E-state index contributed by atoms with van der Waals surface area (Å²) in [4.78, 5) is 24.3. The number of fused-ring (bicyclic) bond motifs is 4. The van der Waals surface area contributed by atoms with E-state index in [1.807, 2.05) is 66.7 Å². The number of pyridine rings is 3. The van der Waals surface area contributed by atoms with Gasteiger partial charge >= 0.3 is 0 Å². The van der Waals surface area contributed by atoms with E-state index < -0.39 is 0 Å². The summed E-state index contributed by atoms with van der Waals surface area (Å²) in [6.45, 7) is 0. The Bertz CT molecular complexity index is 1900.